The molecule has 1 aliphatic heterocycles. The molecule has 1 aromatic carbocycles. The van der Waals surface area contributed by atoms with Crippen LogP contribution in [0.25, 0.3) is 10.8 Å². The van der Waals surface area contributed by atoms with Gasteiger partial charge in [0.2, 0.25) is 0 Å². The highest BCUT2D eigenvalue weighted by atomic mass is 35.5. The van der Waals surface area contributed by atoms with Gasteiger partial charge in [-0.1, -0.05) is 31.5 Å². The third kappa shape index (κ3) is 4.06. The maximum atomic E-state index is 11.7. The van der Waals surface area contributed by atoms with E-state index < -0.39 is 7.12 Å². The van der Waals surface area contributed by atoms with Crippen molar-refractivity contribution in [2.75, 3.05) is 25.1 Å². The SMILES string of the molecule is CCNC(=O)Nc1cc2c(B3OCC(C)(C)CO3)ccc(Cl)c2cn1. The van der Waals surface area contributed by atoms with E-state index in [4.69, 9.17) is 20.9 Å². The molecule has 0 radical (unpaired) electrons. The molecule has 2 aromatic rings. The van der Waals surface area contributed by atoms with Crippen LogP contribution in [0.4, 0.5) is 10.6 Å². The molecule has 132 valence electrons. The Morgan fingerprint density at radius 2 is 2.04 bits per heavy atom. The average Bonchev–Trinajstić information content (AvgIpc) is 2.56. The monoisotopic (exact) mass is 361 g/mol. The molecule has 2 heterocycles. The normalized spacial score (nSPS) is 16.7. The van der Waals surface area contributed by atoms with Crippen molar-refractivity contribution in [2.45, 2.75) is 20.8 Å². The van der Waals surface area contributed by atoms with Crippen LogP contribution in [0.15, 0.2) is 24.4 Å². The minimum absolute atomic E-state index is 0.00869. The minimum Gasteiger partial charge on any atom is -0.407 e. The topological polar surface area (TPSA) is 72.5 Å². The molecule has 0 aliphatic carbocycles. The molecule has 0 spiro atoms. The van der Waals surface area contributed by atoms with E-state index in [0.717, 1.165) is 16.2 Å². The van der Waals surface area contributed by atoms with Crippen LogP contribution in [0.3, 0.4) is 0 Å². The number of carbonyl (C=O) groups is 1. The zero-order valence-corrected chi connectivity index (χ0v) is 15.3. The predicted octanol–water partition coefficient (Wildman–Crippen LogP) is 2.80. The molecule has 1 saturated heterocycles. The van der Waals surface area contributed by atoms with E-state index in [1.807, 2.05) is 19.1 Å². The number of nitrogens with zero attached hydrogens (tertiary/aromatic N) is 1. The summed E-state index contributed by atoms with van der Waals surface area (Å²) in [4.78, 5) is 16.0. The van der Waals surface area contributed by atoms with Crippen LogP contribution in [-0.4, -0.2) is 37.9 Å². The summed E-state index contributed by atoms with van der Waals surface area (Å²) < 4.78 is 11.8. The van der Waals surface area contributed by atoms with E-state index in [9.17, 15) is 4.79 Å². The number of pyridine rings is 1. The van der Waals surface area contributed by atoms with E-state index in [0.29, 0.717) is 30.6 Å². The summed E-state index contributed by atoms with van der Waals surface area (Å²) >= 11 is 6.30. The fraction of sp³-hybridized carbons (Fsp3) is 0.412. The fourth-order valence-corrected chi connectivity index (χ4v) is 2.91. The van der Waals surface area contributed by atoms with E-state index in [1.54, 1.807) is 12.3 Å². The second-order valence-electron chi connectivity index (χ2n) is 6.85. The van der Waals surface area contributed by atoms with Crippen molar-refractivity contribution in [3.05, 3.63) is 29.4 Å². The number of rotatable bonds is 3. The van der Waals surface area contributed by atoms with Gasteiger partial charge < -0.3 is 14.6 Å². The Kier molecular flexibility index (Phi) is 5.17. The van der Waals surface area contributed by atoms with E-state index in [-0.39, 0.29) is 11.4 Å². The van der Waals surface area contributed by atoms with Crippen LogP contribution in [0.2, 0.25) is 5.02 Å². The van der Waals surface area contributed by atoms with Crippen molar-refractivity contribution in [3.8, 4) is 0 Å². The number of carbonyl (C=O) groups excluding carboxylic acids is 1. The minimum atomic E-state index is -0.465. The highest BCUT2D eigenvalue weighted by Gasteiger charge is 2.34. The molecule has 0 saturated carbocycles. The van der Waals surface area contributed by atoms with Crippen LogP contribution in [0.1, 0.15) is 20.8 Å². The first-order valence-corrected chi connectivity index (χ1v) is 8.63. The summed E-state index contributed by atoms with van der Waals surface area (Å²) in [7, 11) is -0.465. The lowest BCUT2D eigenvalue weighted by molar-refractivity contribution is 0.0344. The second-order valence-corrected chi connectivity index (χ2v) is 7.26. The number of halogens is 1. The molecular weight excluding hydrogens is 340 g/mol. The molecule has 1 fully saturated rings. The predicted molar refractivity (Wildman–Crippen MR) is 101 cm³/mol. The van der Waals surface area contributed by atoms with Gasteiger partial charge in [-0.2, -0.15) is 0 Å². The summed E-state index contributed by atoms with van der Waals surface area (Å²) in [5.74, 6) is 0.443. The van der Waals surface area contributed by atoms with E-state index >= 15 is 0 Å². The van der Waals surface area contributed by atoms with Crippen LogP contribution >= 0.6 is 11.6 Å². The van der Waals surface area contributed by atoms with Crippen molar-refractivity contribution in [1.29, 1.82) is 0 Å². The fourth-order valence-electron chi connectivity index (χ4n) is 2.69. The van der Waals surface area contributed by atoms with Gasteiger partial charge in [-0.25, -0.2) is 9.78 Å². The third-order valence-electron chi connectivity index (χ3n) is 3.97. The first-order valence-electron chi connectivity index (χ1n) is 8.26. The van der Waals surface area contributed by atoms with Gasteiger partial charge in [0, 0.05) is 41.8 Å². The average molecular weight is 362 g/mol. The summed E-state index contributed by atoms with van der Waals surface area (Å²) in [6, 6.07) is 5.19. The van der Waals surface area contributed by atoms with Crippen LogP contribution < -0.4 is 16.1 Å². The molecular formula is C17H21BClN3O3. The van der Waals surface area contributed by atoms with Crippen molar-refractivity contribution in [1.82, 2.24) is 10.3 Å². The van der Waals surface area contributed by atoms with Gasteiger partial charge in [-0.3, -0.25) is 5.32 Å². The summed E-state index contributed by atoms with van der Waals surface area (Å²) in [6.07, 6.45) is 1.65. The van der Waals surface area contributed by atoms with E-state index in [1.165, 1.54) is 0 Å². The zero-order chi connectivity index (χ0) is 18.0. The summed E-state index contributed by atoms with van der Waals surface area (Å²) in [6.45, 7) is 7.80. The van der Waals surface area contributed by atoms with Gasteiger partial charge in [0.05, 0.1) is 0 Å². The first-order chi connectivity index (χ1) is 11.9. The lowest BCUT2D eigenvalue weighted by atomic mass is 9.73. The van der Waals surface area contributed by atoms with Gasteiger partial charge in [-0.05, 0) is 29.9 Å². The van der Waals surface area contributed by atoms with Crippen LogP contribution in [-0.2, 0) is 9.31 Å². The Morgan fingerprint density at radius 1 is 1.32 bits per heavy atom. The second kappa shape index (κ2) is 7.19. The Bertz CT molecular complexity index is 790. The number of benzene rings is 1. The summed E-state index contributed by atoms with van der Waals surface area (Å²) in [5, 5.41) is 7.61. The van der Waals surface area contributed by atoms with Gasteiger partial charge in [0.25, 0.3) is 0 Å². The van der Waals surface area contributed by atoms with E-state index in [2.05, 4.69) is 29.5 Å². The molecule has 8 heteroatoms. The zero-order valence-electron chi connectivity index (χ0n) is 14.6. The molecule has 0 unspecified atom stereocenters. The largest absolute Gasteiger partial charge is 0.494 e. The van der Waals surface area contributed by atoms with Gasteiger partial charge >= 0.3 is 13.1 Å². The van der Waals surface area contributed by atoms with Crippen molar-refractivity contribution in [3.63, 3.8) is 0 Å². The number of amides is 2. The molecule has 0 atom stereocenters. The quantitative estimate of drug-likeness (QED) is 0.825. The Morgan fingerprint density at radius 3 is 2.72 bits per heavy atom. The number of fused-ring (bicyclic) bond motifs is 1. The Hall–Kier alpha value is -1.83. The molecule has 1 aliphatic rings. The number of anilines is 1. The number of aromatic nitrogens is 1. The van der Waals surface area contributed by atoms with Crippen LogP contribution in [0, 0.1) is 5.41 Å². The highest BCUT2D eigenvalue weighted by molar-refractivity contribution is 6.65. The van der Waals surface area contributed by atoms with Gasteiger partial charge in [-0.15, -0.1) is 0 Å². The molecule has 0 bridgehead atoms. The maximum Gasteiger partial charge on any atom is 0.494 e. The maximum absolute atomic E-state index is 11.7. The van der Waals surface area contributed by atoms with Gasteiger partial charge in [0.15, 0.2) is 0 Å². The standard InChI is InChI=1S/C17H21BClN3O3/c1-4-20-16(23)22-15-7-11-12(8-21-15)14(19)6-5-13(11)18-24-9-17(2,3)10-25-18/h5-8H,4,9-10H2,1-3H3,(H2,20,21,22,23). The molecule has 2 N–H and O–H groups in total. The molecule has 25 heavy (non-hydrogen) atoms. The first kappa shape index (κ1) is 18.0. The van der Waals surface area contributed by atoms with Crippen molar-refractivity contribution >= 4 is 46.8 Å². The number of hydrogen-bond acceptors (Lipinski definition) is 4. The summed E-state index contributed by atoms with van der Waals surface area (Å²) in [5.41, 5.74) is 0.863. The third-order valence-corrected chi connectivity index (χ3v) is 4.29. The lowest BCUT2D eigenvalue weighted by Gasteiger charge is -2.33. The van der Waals surface area contributed by atoms with Crippen molar-refractivity contribution in [2.24, 2.45) is 5.41 Å². The molecule has 6 nitrogen and oxygen atoms in total. The molecule has 3 rings (SSSR count). The number of urea groups is 1. The Labute approximate surface area is 152 Å². The number of hydrogen-bond donors (Lipinski definition) is 2. The van der Waals surface area contributed by atoms with Gasteiger partial charge in [0.1, 0.15) is 5.82 Å². The lowest BCUT2D eigenvalue weighted by Crippen LogP contribution is -2.47. The molecule has 2 amide bonds. The Balaban J connectivity index is 1.95. The number of nitrogens with one attached hydrogen (secondary N) is 2. The van der Waals surface area contributed by atoms with Crippen molar-refractivity contribution < 1.29 is 14.1 Å². The highest BCUT2D eigenvalue weighted by Crippen LogP contribution is 2.26. The van der Waals surface area contributed by atoms with Crippen LogP contribution in [0.5, 0.6) is 0 Å². The smallest absolute Gasteiger partial charge is 0.407 e. The molecule has 1 aromatic heterocycles.